The summed E-state index contributed by atoms with van der Waals surface area (Å²) in [6, 6.07) is 0. The van der Waals surface area contributed by atoms with Crippen LogP contribution >= 0.6 is 11.9 Å². The summed E-state index contributed by atoms with van der Waals surface area (Å²) in [5.41, 5.74) is 0.282. The van der Waals surface area contributed by atoms with Crippen LogP contribution in [0.3, 0.4) is 0 Å². The lowest BCUT2D eigenvalue weighted by Gasteiger charge is -1.97. The molecule has 0 heterocycles. The van der Waals surface area contributed by atoms with Crippen molar-refractivity contribution in [2.24, 2.45) is 0 Å². The van der Waals surface area contributed by atoms with Gasteiger partial charge >= 0.3 is 5.97 Å². The van der Waals surface area contributed by atoms with Gasteiger partial charge in [0.2, 0.25) is 0 Å². The molecule has 0 aliphatic carbocycles. The molecule has 0 aromatic heterocycles. The van der Waals surface area contributed by atoms with Gasteiger partial charge in [0, 0.05) is 12.2 Å². The molecule has 10 heavy (non-hydrogen) atoms. The Balaban J connectivity index is 3.52. The molecule has 0 amide bonds. The predicted molar refractivity (Wildman–Crippen MR) is 37.4 cm³/mol. The number of aliphatic hydroxyl groups excluding tert-OH is 1. The highest BCUT2D eigenvalue weighted by Crippen LogP contribution is 2.04. The Labute approximate surface area is 64.4 Å². The minimum absolute atomic E-state index is 0.0363. The van der Waals surface area contributed by atoms with Gasteiger partial charge in [-0.1, -0.05) is 6.58 Å². The molecule has 58 valence electrons. The van der Waals surface area contributed by atoms with Crippen molar-refractivity contribution in [2.45, 2.75) is 12.8 Å². The van der Waals surface area contributed by atoms with Crippen LogP contribution in [0.1, 0.15) is 12.8 Å². The van der Waals surface area contributed by atoms with Crippen molar-refractivity contribution in [3.8, 4) is 0 Å². The van der Waals surface area contributed by atoms with Gasteiger partial charge in [-0.05, 0) is 12.8 Å². The Bertz CT molecular complexity index is 133. The Kier molecular flexibility index (Phi) is 4.98. The molecule has 1 N–H and O–H groups in total. The van der Waals surface area contributed by atoms with Crippen LogP contribution in [-0.4, -0.2) is 17.7 Å². The van der Waals surface area contributed by atoms with E-state index < -0.39 is 5.97 Å². The first-order chi connectivity index (χ1) is 4.72. The third kappa shape index (κ3) is 3.48. The average Bonchev–Trinajstić information content (AvgIpc) is 1.98. The Morgan fingerprint density at radius 3 is 2.70 bits per heavy atom. The lowest BCUT2D eigenvalue weighted by molar-refractivity contribution is -0.129. The van der Waals surface area contributed by atoms with Crippen molar-refractivity contribution in [1.29, 1.82) is 0 Å². The maximum absolute atomic E-state index is 10.5. The van der Waals surface area contributed by atoms with E-state index in [1.807, 2.05) is 0 Å². The summed E-state index contributed by atoms with van der Waals surface area (Å²) in [6.07, 6.45) is 0.923. The van der Waals surface area contributed by atoms with Gasteiger partial charge in [0.25, 0.3) is 0 Å². The van der Waals surface area contributed by atoms with Gasteiger partial charge < -0.3 is 9.40 Å². The fraction of sp³-hybridized carbons (Fsp3) is 0.500. The summed E-state index contributed by atoms with van der Waals surface area (Å²) >= 11 is 4.75. The predicted octanol–water partition coefficient (Wildman–Crippen LogP) is 1.01. The molecule has 0 atom stereocenters. The molecule has 4 heteroatoms. The van der Waals surface area contributed by atoms with Gasteiger partial charge in [-0.15, -0.1) is 0 Å². The van der Waals surface area contributed by atoms with E-state index in [0.717, 1.165) is 0 Å². The van der Waals surface area contributed by atoms with Crippen molar-refractivity contribution in [3.05, 3.63) is 12.2 Å². The summed E-state index contributed by atoms with van der Waals surface area (Å²) in [6.45, 7) is 3.43. The molecule has 0 fully saturated rings. The molecule has 0 saturated carbocycles. The van der Waals surface area contributed by atoms with E-state index in [1.165, 1.54) is 0 Å². The minimum Gasteiger partial charge on any atom is -0.396 e. The van der Waals surface area contributed by atoms with Crippen LogP contribution in [0.25, 0.3) is 0 Å². The number of aliphatic hydroxyl groups is 1. The molecule has 0 unspecified atom stereocenters. The van der Waals surface area contributed by atoms with E-state index >= 15 is 0 Å². The molecule has 0 saturated heterocycles. The van der Waals surface area contributed by atoms with Crippen LogP contribution in [0.5, 0.6) is 0 Å². The first-order valence-electron chi connectivity index (χ1n) is 2.84. The van der Waals surface area contributed by atoms with Crippen molar-refractivity contribution in [2.75, 3.05) is 6.61 Å². The van der Waals surface area contributed by atoms with E-state index in [1.54, 1.807) is 0 Å². The topological polar surface area (TPSA) is 46.5 Å². The van der Waals surface area contributed by atoms with Gasteiger partial charge in [0.05, 0.1) is 0 Å². The standard InChI is InChI=1S/C6H9ClO3/c1-5(3-2-4-8)6(9)10-7/h8H,1-4H2. The largest absolute Gasteiger partial charge is 0.396 e. The van der Waals surface area contributed by atoms with Crippen LogP contribution in [0.15, 0.2) is 12.2 Å². The zero-order chi connectivity index (χ0) is 7.98. The van der Waals surface area contributed by atoms with Gasteiger partial charge in [-0.2, -0.15) is 0 Å². The summed E-state index contributed by atoms with van der Waals surface area (Å²) in [7, 11) is 0. The molecule has 0 bridgehead atoms. The van der Waals surface area contributed by atoms with Gasteiger partial charge in [-0.25, -0.2) is 4.79 Å². The van der Waals surface area contributed by atoms with Crippen LogP contribution < -0.4 is 0 Å². The summed E-state index contributed by atoms with van der Waals surface area (Å²) < 4.78 is 3.86. The van der Waals surface area contributed by atoms with E-state index in [9.17, 15) is 4.79 Å². The highest BCUT2D eigenvalue weighted by molar-refractivity contribution is 6.15. The number of hydrogen-bond donors (Lipinski definition) is 1. The zero-order valence-corrected chi connectivity index (χ0v) is 6.23. The van der Waals surface area contributed by atoms with Crippen molar-refractivity contribution in [1.82, 2.24) is 0 Å². The molecule has 3 nitrogen and oxygen atoms in total. The normalized spacial score (nSPS) is 9.00. The van der Waals surface area contributed by atoms with Crippen molar-refractivity contribution >= 4 is 17.8 Å². The highest BCUT2D eigenvalue weighted by atomic mass is 35.5. The van der Waals surface area contributed by atoms with Crippen LogP contribution in [-0.2, 0) is 9.08 Å². The van der Waals surface area contributed by atoms with Gasteiger partial charge in [0.1, 0.15) is 11.9 Å². The van der Waals surface area contributed by atoms with Crippen LogP contribution in [0.2, 0.25) is 0 Å². The van der Waals surface area contributed by atoms with E-state index in [0.29, 0.717) is 12.8 Å². The van der Waals surface area contributed by atoms with Crippen LogP contribution in [0, 0.1) is 0 Å². The highest BCUT2D eigenvalue weighted by Gasteiger charge is 2.05. The molecule has 0 radical (unpaired) electrons. The minimum atomic E-state index is -0.630. The number of hydrogen-bond acceptors (Lipinski definition) is 3. The second-order valence-electron chi connectivity index (χ2n) is 1.80. The smallest absolute Gasteiger partial charge is 0.351 e. The number of rotatable bonds is 4. The lowest BCUT2D eigenvalue weighted by Crippen LogP contribution is -2.01. The first kappa shape index (κ1) is 9.46. The molecule has 0 aromatic rings. The van der Waals surface area contributed by atoms with Crippen molar-refractivity contribution < 1.29 is 14.2 Å². The van der Waals surface area contributed by atoms with E-state index in [-0.39, 0.29) is 12.2 Å². The molecular formula is C6H9ClO3. The SMILES string of the molecule is C=C(CCCO)C(=O)OCl. The molecule has 0 rings (SSSR count). The third-order valence-electron chi connectivity index (χ3n) is 0.995. The fourth-order valence-electron chi connectivity index (χ4n) is 0.449. The Morgan fingerprint density at radius 1 is 1.70 bits per heavy atom. The number of carbonyl (C=O) groups excluding carboxylic acids is 1. The van der Waals surface area contributed by atoms with Gasteiger partial charge in [0.15, 0.2) is 0 Å². The number of carbonyl (C=O) groups is 1. The fourth-order valence-corrected chi connectivity index (χ4v) is 0.558. The summed E-state index contributed by atoms with van der Waals surface area (Å²) in [4.78, 5) is 10.5. The lowest BCUT2D eigenvalue weighted by atomic mass is 10.2. The van der Waals surface area contributed by atoms with Gasteiger partial charge in [-0.3, -0.25) is 0 Å². The summed E-state index contributed by atoms with van der Waals surface area (Å²) in [5, 5.41) is 8.34. The maximum Gasteiger partial charge on any atom is 0.351 e. The van der Waals surface area contributed by atoms with Crippen LogP contribution in [0.4, 0.5) is 0 Å². The summed E-state index contributed by atoms with van der Waals surface area (Å²) in [5.74, 6) is -0.630. The maximum atomic E-state index is 10.5. The third-order valence-corrected chi connectivity index (χ3v) is 1.14. The number of halogens is 1. The molecule has 0 spiro atoms. The molecule has 0 aliphatic rings. The molecular weight excluding hydrogens is 156 g/mol. The quantitative estimate of drug-likeness (QED) is 0.631. The van der Waals surface area contributed by atoms with E-state index in [2.05, 4.69) is 10.9 Å². The average molecular weight is 165 g/mol. The Morgan fingerprint density at radius 2 is 2.30 bits per heavy atom. The second kappa shape index (κ2) is 5.26. The first-order valence-corrected chi connectivity index (χ1v) is 3.14. The molecule has 0 aliphatic heterocycles. The monoisotopic (exact) mass is 164 g/mol. The van der Waals surface area contributed by atoms with Crippen molar-refractivity contribution in [3.63, 3.8) is 0 Å². The zero-order valence-electron chi connectivity index (χ0n) is 5.47. The van der Waals surface area contributed by atoms with E-state index in [4.69, 9.17) is 17.0 Å². The Hall–Kier alpha value is -0.540. The second-order valence-corrected chi connectivity index (χ2v) is 1.95. The molecule has 0 aromatic carbocycles.